The third-order valence-electron chi connectivity index (χ3n) is 4.76. The van der Waals surface area contributed by atoms with Crippen LogP contribution in [0.3, 0.4) is 0 Å². The summed E-state index contributed by atoms with van der Waals surface area (Å²) in [4.78, 5) is 33.6. The highest BCUT2D eigenvalue weighted by atomic mass is 16.4. The van der Waals surface area contributed by atoms with Crippen LogP contribution in [0.1, 0.15) is 34.5 Å². The molecule has 0 saturated carbocycles. The number of primary amides is 1. The maximum absolute atomic E-state index is 12.9. The second kappa shape index (κ2) is 13.9. The van der Waals surface area contributed by atoms with Crippen LogP contribution in [0.15, 0.2) is 78.9 Å². The largest absolute Gasteiger partial charge is 0.372 e. The van der Waals surface area contributed by atoms with Crippen LogP contribution in [0.4, 0.5) is 0 Å². The summed E-state index contributed by atoms with van der Waals surface area (Å²) in [5, 5.41) is 11.8. The number of hydrogen-bond acceptors (Lipinski definition) is 5. The van der Waals surface area contributed by atoms with Gasteiger partial charge in [-0.3, -0.25) is 14.4 Å². The monoisotopic (exact) mass is 445 g/mol. The number of hydrogen-bond donors (Lipinski definition) is 4. The topological polar surface area (TPSA) is 136 Å². The van der Waals surface area contributed by atoms with Gasteiger partial charge in [0, 0.05) is 12.0 Å². The Morgan fingerprint density at radius 1 is 1.09 bits per heavy atom. The molecule has 7 heteroatoms. The van der Waals surface area contributed by atoms with Gasteiger partial charge < -0.3 is 16.3 Å². The Balaban J connectivity index is 0.00000101. The highest BCUT2D eigenvalue weighted by molar-refractivity contribution is 6.03. The fourth-order valence-corrected chi connectivity index (χ4v) is 3.24. The number of rotatable bonds is 6. The molecular weight excluding hydrogens is 418 g/mol. The zero-order chi connectivity index (χ0) is 24.8. The van der Waals surface area contributed by atoms with Crippen molar-refractivity contribution in [3.8, 4) is 12.3 Å². The number of terminal acetylenes is 1. The van der Waals surface area contributed by atoms with Crippen molar-refractivity contribution in [1.29, 1.82) is 0 Å². The summed E-state index contributed by atoms with van der Waals surface area (Å²) >= 11 is 0. The zero-order valence-electron chi connectivity index (χ0n) is 18.3. The van der Waals surface area contributed by atoms with Crippen LogP contribution in [0.5, 0.6) is 0 Å². The predicted octanol–water partition coefficient (Wildman–Crippen LogP) is 3.07. The van der Waals surface area contributed by atoms with Crippen LogP contribution in [0.2, 0.25) is 0 Å². The number of benzene rings is 3. The molecule has 1 atom stereocenters. The predicted molar refractivity (Wildman–Crippen MR) is 129 cm³/mol. The fraction of sp³-hybridized carbons (Fsp3) is 0.115. The summed E-state index contributed by atoms with van der Waals surface area (Å²) in [6, 6.07) is 21.0. The van der Waals surface area contributed by atoms with Gasteiger partial charge in [0.15, 0.2) is 5.78 Å². The van der Waals surface area contributed by atoms with Gasteiger partial charge in [-0.2, -0.15) is 0 Å². The van der Waals surface area contributed by atoms with E-state index in [0.717, 1.165) is 16.3 Å². The zero-order valence-corrected chi connectivity index (χ0v) is 18.3. The van der Waals surface area contributed by atoms with Crippen LogP contribution in [0.25, 0.3) is 10.8 Å². The van der Waals surface area contributed by atoms with E-state index >= 15 is 0 Å². The summed E-state index contributed by atoms with van der Waals surface area (Å²) in [7, 11) is 0. The van der Waals surface area contributed by atoms with Gasteiger partial charge >= 0.3 is 0 Å². The lowest BCUT2D eigenvalue weighted by Gasteiger charge is -2.18. The molecule has 6 N–H and O–H groups in total. The molecule has 0 saturated heterocycles. The minimum Gasteiger partial charge on any atom is -0.372 e. The van der Waals surface area contributed by atoms with E-state index in [-0.39, 0.29) is 36.1 Å². The molecule has 0 aliphatic carbocycles. The number of Topliss-reactive ketones (excluding diaryl/α,β-unsaturated/α-hetero) is 1. The van der Waals surface area contributed by atoms with Crippen molar-refractivity contribution in [2.75, 3.05) is 0 Å². The Bertz CT molecular complexity index is 1160. The van der Waals surface area contributed by atoms with Gasteiger partial charge in [-0.15, -0.1) is 6.42 Å². The number of nitrogens with two attached hydrogens (primary N) is 2. The van der Waals surface area contributed by atoms with Crippen LogP contribution < -0.4 is 16.9 Å². The normalized spacial score (nSPS) is 10.2. The summed E-state index contributed by atoms with van der Waals surface area (Å²) in [6.07, 6.45) is 5.55. The molecule has 1 unspecified atom stereocenters. The molecule has 0 aromatic heterocycles. The average Bonchev–Trinajstić information content (AvgIpc) is 2.85. The van der Waals surface area contributed by atoms with Crippen LogP contribution >= 0.6 is 0 Å². The number of nitrogens with one attached hydrogen (secondary N) is 1. The molecule has 0 spiro atoms. The van der Waals surface area contributed by atoms with E-state index in [2.05, 4.69) is 29.4 Å². The molecule has 0 aliphatic rings. The number of fused-ring (bicyclic) bond motifs is 1. The molecule has 2 amide bonds. The van der Waals surface area contributed by atoms with Crippen molar-refractivity contribution in [2.45, 2.75) is 19.4 Å². The van der Waals surface area contributed by atoms with E-state index in [1.807, 2.05) is 49.4 Å². The van der Waals surface area contributed by atoms with Crippen molar-refractivity contribution in [3.63, 3.8) is 0 Å². The number of amides is 2. The quantitative estimate of drug-likeness (QED) is 0.200. The third kappa shape index (κ3) is 7.43. The molecule has 3 aromatic rings. The van der Waals surface area contributed by atoms with Crippen molar-refractivity contribution >= 4 is 28.9 Å². The van der Waals surface area contributed by atoms with Gasteiger partial charge in [-0.1, -0.05) is 73.2 Å². The highest BCUT2D eigenvalue weighted by Gasteiger charge is 2.18. The van der Waals surface area contributed by atoms with Crippen molar-refractivity contribution in [3.05, 3.63) is 95.6 Å². The SMILES string of the molecule is C#CC(=C)C(=O)Cc1ccccc1C(=O)NC(C)c1cccc2ccccc12.NC=O.NO. The van der Waals surface area contributed by atoms with Crippen molar-refractivity contribution in [1.82, 2.24) is 5.32 Å². The van der Waals surface area contributed by atoms with Gasteiger partial charge in [0.25, 0.3) is 5.91 Å². The first-order valence-corrected chi connectivity index (χ1v) is 9.89. The number of allylic oxidation sites excluding steroid dienone is 1. The number of carbonyl (C=O) groups excluding carboxylic acids is 3. The first-order valence-electron chi connectivity index (χ1n) is 9.89. The van der Waals surface area contributed by atoms with Gasteiger partial charge in [-0.05, 0) is 34.9 Å². The molecule has 170 valence electrons. The first kappa shape index (κ1) is 26.8. The molecule has 3 aromatic carbocycles. The Morgan fingerprint density at radius 2 is 1.67 bits per heavy atom. The second-order valence-electron chi connectivity index (χ2n) is 6.78. The molecule has 0 heterocycles. The Morgan fingerprint density at radius 3 is 2.33 bits per heavy atom. The molecule has 33 heavy (non-hydrogen) atoms. The van der Waals surface area contributed by atoms with Crippen LogP contribution in [-0.2, 0) is 16.0 Å². The Hall–Kier alpha value is -4.25. The lowest BCUT2D eigenvalue weighted by Crippen LogP contribution is -2.28. The lowest BCUT2D eigenvalue weighted by molar-refractivity contribution is -0.114. The van der Waals surface area contributed by atoms with E-state index in [9.17, 15) is 9.59 Å². The average molecular weight is 446 g/mol. The first-order chi connectivity index (χ1) is 15.9. The fourth-order valence-electron chi connectivity index (χ4n) is 3.24. The molecule has 0 aliphatic heterocycles. The molecular formula is C26H27N3O4. The van der Waals surface area contributed by atoms with E-state index in [0.29, 0.717) is 11.1 Å². The van der Waals surface area contributed by atoms with E-state index < -0.39 is 0 Å². The molecule has 7 nitrogen and oxygen atoms in total. The van der Waals surface area contributed by atoms with Gasteiger partial charge in [0.2, 0.25) is 6.41 Å². The summed E-state index contributed by atoms with van der Waals surface area (Å²) in [5.74, 6) is 5.27. The summed E-state index contributed by atoms with van der Waals surface area (Å²) in [6.45, 7) is 5.53. The van der Waals surface area contributed by atoms with Gasteiger partial charge in [-0.25, -0.2) is 5.90 Å². The summed E-state index contributed by atoms with van der Waals surface area (Å²) in [5.41, 5.74) is 6.42. The smallest absolute Gasteiger partial charge is 0.252 e. The van der Waals surface area contributed by atoms with Gasteiger partial charge in [0.1, 0.15) is 0 Å². The minimum atomic E-state index is -0.259. The van der Waals surface area contributed by atoms with E-state index in [4.69, 9.17) is 16.4 Å². The maximum Gasteiger partial charge on any atom is 0.252 e. The van der Waals surface area contributed by atoms with Crippen molar-refractivity contribution in [2.24, 2.45) is 11.6 Å². The Kier molecular flexibility index (Phi) is 11.3. The lowest BCUT2D eigenvalue weighted by atomic mass is 9.97. The van der Waals surface area contributed by atoms with Crippen LogP contribution in [0, 0.1) is 12.3 Å². The van der Waals surface area contributed by atoms with E-state index in [1.54, 1.807) is 24.3 Å². The molecule has 3 rings (SSSR count). The van der Waals surface area contributed by atoms with Crippen molar-refractivity contribution < 1.29 is 19.6 Å². The number of carbonyl (C=O) groups is 3. The molecule has 0 radical (unpaired) electrons. The van der Waals surface area contributed by atoms with Crippen LogP contribution in [-0.4, -0.2) is 23.3 Å². The molecule has 0 fully saturated rings. The number of ketones is 1. The highest BCUT2D eigenvalue weighted by Crippen LogP contribution is 2.24. The third-order valence-corrected chi connectivity index (χ3v) is 4.76. The summed E-state index contributed by atoms with van der Waals surface area (Å²) < 4.78 is 0. The van der Waals surface area contributed by atoms with Gasteiger partial charge in [0.05, 0.1) is 11.6 Å². The molecule has 0 bridgehead atoms. The minimum absolute atomic E-state index is 0.0509. The Labute approximate surface area is 193 Å². The van der Waals surface area contributed by atoms with E-state index in [1.165, 1.54) is 0 Å². The maximum atomic E-state index is 12.9. The standard InChI is InChI=1S/C25H21NO2.CH3NO.H3NO/c1-4-17(2)24(27)16-20-11-6-8-14-23(20)25(28)26-18(3)21-15-9-12-19-10-5-7-13-22(19)21;2-1-3;1-2/h1,5-15,18H,2,16H2,3H3,(H,26,28);1H,(H2,2,3);2H,1H2. The second-order valence-corrected chi connectivity index (χ2v) is 6.78.